The second-order valence-electron chi connectivity index (χ2n) is 9.20. The van der Waals surface area contributed by atoms with Crippen LogP contribution in [0.15, 0.2) is 46.8 Å². The lowest BCUT2D eigenvalue weighted by molar-refractivity contribution is -0.151. The van der Waals surface area contributed by atoms with Crippen molar-refractivity contribution in [2.45, 2.75) is 64.9 Å². The molecule has 1 N–H and O–H groups in total. The molecule has 1 fully saturated rings. The third-order valence-corrected chi connectivity index (χ3v) is 7.04. The van der Waals surface area contributed by atoms with E-state index in [1.165, 1.54) is 7.11 Å². The van der Waals surface area contributed by atoms with Crippen molar-refractivity contribution < 1.29 is 23.9 Å². The van der Waals surface area contributed by atoms with Gasteiger partial charge in [-0.3, -0.25) is 9.59 Å². The molecule has 1 aromatic carbocycles. The number of benzene rings is 1. The van der Waals surface area contributed by atoms with Crippen LogP contribution in [-0.4, -0.2) is 30.9 Å². The van der Waals surface area contributed by atoms with Crippen molar-refractivity contribution in [1.82, 2.24) is 5.32 Å². The third-order valence-electron chi connectivity index (χ3n) is 7.04. The SMILES string of the molecule is COC(=O)[C@@H]1C(=O)C2=C(C[C@@H]1C)NC(C)=C(C(=O)OC1CCCC1)[C@H]2c1ccccc1C. The minimum absolute atomic E-state index is 0.0828. The lowest BCUT2D eigenvalue weighted by Gasteiger charge is -2.38. The molecule has 0 spiro atoms. The third kappa shape index (κ3) is 3.87. The van der Waals surface area contributed by atoms with E-state index in [0.29, 0.717) is 23.3 Å². The number of aryl methyl sites for hydroxylation is 1. The summed E-state index contributed by atoms with van der Waals surface area (Å²) < 4.78 is 10.8. The molecule has 4 rings (SSSR count). The Kier molecular flexibility index (Phi) is 6.22. The minimum atomic E-state index is -0.877. The number of hydrogen-bond donors (Lipinski definition) is 1. The smallest absolute Gasteiger partial charge is 0.337 e. The first-order chi connectivity index (χ1) is 15.3. The highest BCUT2D eigenvalue weighted by Crippen LogP contribution is 2.46. The van der Waals surface area contributed by atoms with Gasteiger partial charge in [-0.2, -0.15) is 0 Å². The Labute approximate surface area is 189 Å². The van der Waals surface area contributed by atoms with Crippen molar-refractivity contribution in [3.8, 4) is 0 Å². The summed E-state index contributed by atoms with van der Waals surface area (Å²) in [4.78, 5) is 39.6. The monoisotopic (exact) mass is 437 g/mol. The van der Waals surface area contributed by atoms with Gasteiger partial charge in [-0.05, 0) is 63.0 Å². The summed E-state index contributed by atoms with van der Waals surface area (Å²) in [5, 5.41) is 3.32. The van der Waals surface area contributed by atoms with Crippen molar-refractivity contribution in [1.29, 1.82) is 0 Å². The Bertz CT molecular complexity index is 1010. The number of carbonyl (C=O) groups is 3. The van der Waals surface area contributed by atoms with Crippen LogP contribution in [0, 0.1) is 18.8 Å². The van der Waals surface area contributed by atoms with Crippen LogP contribution in [-0.2, 0) is 23.9 Å². The van der Waals surface area contributed by atoms with Gasteiger partial charge < -0.3 is 14.8 Å². The summed E-state index contributed by atoms with van der Waals surface area (Å²) in [5.74, 6) is -2.84. The zero-order valence-electron chi connectivity index (χ0n) is 19.2. The molecule has 1 saturated carbocycles. The maximum absolute atomic E-state index is 13.7. The van der Waals surface area contributed by atoms with Gasteiger partial charge in [-0.25, -0.2) is 4.79 Å². The van der Waals surface area contributed by atoms with Gasteiger partial charge in [0.05, 0.1) is 12.7 Å². The first-order valence-electron chi connectivity index (χ1n) is 11.4. The van der Waals surface area contributed by atoms with E-state index in [0.717, 1.165) is 42.5 Å². The van der Waals surface area contributed by atoms with E-state index in [2.05, 4.69) is 5.32 Å². The van der Waals surface area contributed by atoms with Gasteiger partial charge in [-0.15, -0.1) is 0 Å². The molecule has 6 heteroatoms. The number of ether oxygens (including phenoxy) is 2. The second kappa shape index (κ2) is 8.93. The molecule has 32 heavy (non-hydrogen) atoms. The molecular weight excluding hydrogens is 406 g/mol. The van der Waals surface area contributed by atoms with Crippen LogP contribution in [0.3, 0.4) is 0 Å². The highest BCUT2D eigenvalue weighted by Gasteiger charge is 2.47. The maximum Gasteiger partial charge on any atom is 0.337 e. The van der Waals surface area contributed by atoms with E-state index in [4.69, 9.17) is 9.47 Å². The lowest BCUT2D eigenvalue weighted by Crippen LogP contribution is -2.43. The van der Waals surface area contributed by atoms with Crippen molar-refractivity contribution in [2.75, 3.05) is 7.11 Å². The van der Waals surface area contributed by atoms with Crippen molar-refractivity contribution in [2.24, 2.45) is 11.8 Å². The number of carbonyl (C=O) groups excluding carboxylic acids is 3. The summed E-state index contributed by atoms with van der Waals surface area (Å²) in [5.41, 5.74) is 4.28. The predicted octanol–water partition coefficient (Wildman–Crippen LogP) is 4.09. The molecule has 1 aromatic rings. The van der Waals surface area contributed by atoms with E-state index in [1.807, 2.05) is 45.0 Å². The highest BCUT2D eigenvalue weighted by atomic mass is 16.5. The van der Waals surface area contributed by atoms with Crippen molar-refractivity contribution in [3.63, 3.8) is 0 Å². The Hall–Kier alpha value is -2.89. The molecule has 1 heterocycles. The molecule has 3 aliphatic rings. The van der Waals surface area contributed by atoms with Gasteiger partial charge in [0.25, 0.3) is 0 Å². The molecule has 170 valence electrons. The Morgan fingerprint density at radius 2 is 1.78 bits per heavy atom. The number of allylic oxidation sites excluding steroid dienone is 3. The fourth-order valence-electron chi connectivity index (χ4n) is 5.39. The van der Waals surface area contributed by atoms with E-state index in [-0.39, 0.29) is 23.8 Å². The fourth-order valence-corrected chi connectivity index (χ4v) is 5.39. The Morgan fingerprint density at radius 1 is 1.09 bits per heavy atom. The first kappa shape index (κ1) is 22.3. The zero-order valence-corrected chi connectivity index (χ0v) is 19.2. The van der Waals surface area contributed by atoms with Crippen molar-refractivity contribution in [3.05, 3.63) is 57.9 Å². The van der Waals surface area contributed by atoms with Gasteiger partial charge in [0.15, 0.2) is 5.78 Å². The number of methoxy groups -OCH3 is 1. The van der Waals surface area contributed by atoms with Crippen LogP contribution in [0.2, 0.25) is 0 Å². The van der Waals surface area contributed by atoms with Crippen molar-refractivity contribution >= 4 is 17.7 Å². The Balaban J connectivity index is 1.82. The summed E-state index contributed by atoms with van der Waals surface area (Å²) in [7, 11) is 1.30. The van der Waals surface area contributed by atoms with Gasteiger partial charge in [0.1, 0.15) is 12.0 Å². The van der Waals surface area contributed by atoms with Gasteiger partial charge in [-0.1, -0.05) is 31.2 Å². The molecule has 1 aliphatic heterocycles. The molecule has 0 unspecified atom stereocenters. The van der Waals surface area contributed by atoms with Crippen LogP contribution in [0.5, 0.6) is 0 Å². The summed E-state index contributed by atoms with van der Waals surface area (Å²) in [6.45, 7) is 5.72. The molecular formula is C26H31NO5. The second-order valence-corrected chi connectivity index (χ2v) is 9.20. The highest BCUT2D eigenvalue weighted by molar-refractivity contribution is 6.12. The number of rotatable bonds is 4. The molecule has 6 nitrogen and oxygen atoms in total. The molecule has 3 atom stereocenters. The van der Waals surface area contributed by atoms with Crippen LogP contribution in [0.25, 0.3) is 0 Å². The maximum atomic E-state index is 13.7. The number of ketones is 1. The zero-order chi connectivity index (χ0) is 23.0. The molecule has 0 amide bonds. The topological polar surface area (TPSA) is 81.7 Å². The van der Waals surface area contributed by atoms with E-state index in [1.54, 1.807) is 0 Å². The van der Waals surface area contributed by atoms with Crippen LogP contribution in [0.4, 0.5) is 0 Å². The van der Waals surface area contributed by atoms with Gasteiger partial charge in [0, 0.05) is 22.9 Å². The number of Topliss-reactive ketones (excluding diaryl/α,β-unsaturated/α-hetero) is 1. The number of dihydropyridines is 1. The fraction of sp³-hybridized carbons (Fsp3) is 0.500. The molecule has 0 bridgehead atoms. The Morgan fingerprint density at radius 3 is 2.44 bits per heavy atom. The van der Waals surface area contributed by atoms with E-state index < -0.39 is 17.8 Å². The lowest BCUT2D eigenvalue weighted by atomic mass is 9.68. The predicted molar refractivity (Wildman–Crippen MR) is 119 cm³/mol. The minimum Gasteiger partial charge on any atom is -0.468 e. The first-order valence-corrected chi connectivity index (χ1v) is 11.4. The summed E-state index contributed by atoms with van der Waals surface area (Å²) >= 11 is 0. The van der Waals surface area contributed by atoms with Crippen LogP contribution >= 0.6 is 0 Å². The normalized spacial score (nSPS) is 26.0. The number of nitrogens with one attached hydrogen (secondary N) is 1. The molecule has 0 aromatic heterocycles. The van der Waals surface area contributed by atoms with Crippen LogP contribution in [0.1, 0.15) is 63.0 Å². The van der Waals surface area contributed by atoms with Gasteiger partial charge in [0.2, 0.25) is 0 Å². The quantitative estimate of drug-likeness (QED) is 0.564. The van der Waals surface area contributed by atoms with Gasteiger partial charge >= 0.3 is 11.9 Å². The summed E-state index contributed by atoms with van der Waals surface area (Å²) in [6.07, 6.45) is 4.31. The average Bonchev–Trinajstić information content (AvgIpc) is 3.25. The summed E-state index contributed by atoms with van der Waals surface area (Å²) in [6, 6.07) is 7.77. The molecule has 0 radical (unpaired) electrons. The van der Waals surface area contributed by atoms with E-state index >= 15 is 0 Å². The number of hydrogen-bond acceptors (Lipinski definition) is 6. The standard InChI is InChI=1S/C26H31NO5/c1-14-9-5-8-12-18(14)22-21(26(30)32-17-10-6-7-11-17)16(3)27-19-13-15(2)20(25(29)31-4)24(28)23(19)22/h5,8-9,12,15,17,20,22,27H,6-7,10-11,13H2,1-4H3/t15-,20-,22+/m0/s1. The average molecular weight is 438 g/mol. The largest absolute Gasteiger partial charge is 0.468 e. The van der Waals surface area contributed by atoms with E-state index in [9.17, 15) is 14.4 Å². The number of esters is 2. The van der Waals surface area contributed by atoms with Crippen LogP contribution < -0.4 is 5.32 Å². The molecule has 2 aliphatic carbocycles. The molecule has 0 saturated heterocycles.